The van der Waals surface area contributed by atoms with E-state index in [9.17, 15) is 18.0 Å². The zero-order valence-electron chi connectivity index (χ0n) is 13.2. The van der Waals surface area contributed by atoms with Gasteiger partial charge in [0.15, 0.2) is 11.5 Å². The fraction of sp³-hybridized carbons (Fsp3) is 0.588. The summed E-state index contributed by atoms with van der Waals surface area (Å²) in [6, 6.07) is 4.40. The molecule has 0 bridgehead atoms. The van der Waals surface area contributed by atoms with Gasteiger partial charge in [-0.25, -0.2) is 0 Å². The van der Waals surface area contributed by atoms with E-state index in [0.717, 1.165) is 6.42 Å². The average molecular weight is 343 g/mol. The Bertz CT molecular complexity index is 603. The van der Waals surface area contributed by atoms with E-state index < -0.39 is 18.1 Å². The molecule has 132 valence electrons. The second-order valence-electron chi connectivity index (χ2n) is 6.29. The zero-order chi connectivity index (χ0) is 17.2. The van der Waals surface area contributed by atoms with E-state index in [-0.39, 0.29) is 18.7 Å². The second kappa shape index (κ2) is 6.91. The first-order chi connectivity index (χ1) is 11.4. The molecule has 1 fully saturated rings. The highest BCUT2D eigenvalue weighted by Gasteiger charge is 2.42. The Morgan fingerprint density at radius 1 is 1.08 bits per heavy atom. The van der Waals surface area contributed by atoms with Gasteiger partial charge in [0.1, 0.15) is 0 Å². The minimum Gasteiger partial charge on any atom is -0.490 e. The van der Waals surface area contributed by atoms with Gasteiger partial charge in [-0.05, 0) is 37.5 Å². The van der Waals surface area contributed by atoms with Crippen molar-refractivity contribution in [2.24, 2.45) is 5.92 Å². The Hall–Kier alpha value is -1.92. The monoisotopic (exact) mass is 343 g/mol. The highest BCUT2D eigenvalue weighted by atomic mass is 19.4. The lowest BCUT2D eigenvalue weighted by molar-refractivity contribution is -0.183. The number of carbonyl (C=O) groups is 1. The van der Waals surface area contributed by atoms with Gasteiger partial charge in [-0.2, -0.15) is 13.2 Å². The number of fused-ring (bicyclic) bond motifs is 1. The van der Waals surface area contributed by atoms with Crippen molar-refractivity contribution in [1.29, 1.82) is 0 Å². The van der Waals surface area contributed by atoms with Crippen molar-refractivity contribution in [2.75, 3.05) is 13.2 Å². The highest BCUT2D eigenvalue weighted by molar-refractivity contribution is 5.95. The number of benzene rings is 1. The largest absolute Gasteiger partial charge is 0.490 e. The lowest BCUT2D eigenvalue weighted by Gasteiger charge is -2.31. The number of amides is 1. The molecule has 0 unspecified atom stereocenters. The Morgan fingerprint density at radius 3 is 2.58 bits per heavy atom. The van der Waals surface area contributed by atoms with Crippen LogP contribution in [0.1, 0.15) is 42.5 Å². The van der Waals surface area contributed by atoms with E-state index in [2.05, 4.69) is 5.32 Å². The topological polar surface area (TPSA) is 47.6 Å². The maximum Gasteiger partial charge on any atom is 0.391 e. The van der Waals surface area contributed by atoms with Gasteiger partial charge in [-0.1, -0.05) is 6.42 Å². The number of nitrogens with one attached hydrogen (secondary N) is 1. The van der Waals surface area contributed by atoms with E-state index in [1.165, 1.54) is 0 Å². The Morgan fingerprint density at radius 2 is 1.83 bits per heavy atom. The van der Waals surface area contributed by atoms with Crippen molar-refractivity contribution in [1.82, 2.24) is 5.32 Å². The first-order valence-electron chi connectivity index (χ1n) is 8.21. The standard InChI is InChI=1S/C17H20F3NO3/c18-17(19,20)12-3-1-4-13(10-12)21-16(22)11-5-6-14-15(9-11)24-8-2-7-23-14/h5-6,9,12-13H,1-4,7-8,10H2,(H,21,22)/t12-,13+/m1/s1. The molecule has 1 aliphatic heterocycles. The molecule has 7 heteroatoms. The summed E-state index contributed by atoms with van der Waals surface area (Å²) in [5, 5.41) is 2.72. The zero-order valence-corrected chi connectivity index (χ0v) is 13.2. The number of hydrogen-bond acceptors (Lipinski definition) is 3. The summed E-state index contributed by atoms with van der Waals surface area (Å²) in [7, 11) is 0. The molecule has 0 radical (unpaired) electrons. The van der Waals surface area contributed by atoms with E-state index in [4.69, 9.17) is 9.47 Å². The lowest BCUT2D eigenvalue weighted by Crippen LogP contribution is -2.41. The van der Waals surface area contributed by atoms with Crippen LogP contribution in [-0.2, 0) is 0 Å². The smallest absolute Gasteiger partial charge is 0.391 e. The minimum absolute atomic E-state index is 0.0558. The van der Waals surface area contributed by atoms with Crippen LogP contribution >= 0.6 is 0 Å². The molecule has 1 aromatic carbocycles. The molecule has 24 heavy (non-hydrogen) atoms. The summed E-state index contributed by atoms with van der Waals surface area (Å²) in [6.45, 7) is 1.06. The third-order valence-electron chi connectivity index (χ3n) is 4.48. The Labute approximate surface area is 138 Å². The number of carbonyl (C=O) groups excluding carboxylic acids is 1. The molecular weight excluding hydrogens is 323 g/mol. The fourth-order valence-corrected chi connectivity index (χ4v) is 3.19. The molecule has 1 heterocycles. The maximum atomic E-state index is 12.9. The molecule has 3 rings (SSSR count). The van der Waals surface area contributed by atoms with Gasteiger partial charge in [-0.15, -0.1) is 0 Å². The highest BCUT2D eigenvalue weighted by Crippen LogP contribution is 2.37. The van der Waals surface area contributed by atoms with Gasteiger partial charge in [0.25, 0.3) is 5.91 Å². The SMILES string of the molecule is O=C(N[C@H]1CCC[C@@H](C(F)(F)F)C1)c1ccc2c(c1)OCCCO2. The van der Waals surface area contributed by atoms with Crippen molar-refractivity contribution in [3.8, 4) is 11.5 Å². The Balaban J connectivity index is 1.65. The van der Waals surface area contributed by atoms with Crippen LogP contribution in [0.15, 0.2) is 18.2 Å². The summed E-state index contributed by atoms with van der Waals surface area (Å²) in [5.74, 6) is -0.630. The molecule has 1 amide bonds. The van der Waals surface area contributed by atoms with Crippen molar-refractivity contribution < 1.29 is 27.4 Å². The van der Waals surface area contributed by atoms with Crippen molar-refractivity contribution >= 4 is 5.91 Å². The van der Waals surface area contributed by atoms with Crippen molar-refractivity contribution in [3.05, 3.63) is 23.8 Å². The van der Waals surface area contributed by atoms with Gasteiger partial charge < -0.3 is 14.8 Å². The van der Waals surface area contributed by atoms with E-state index in [0.29, 0.717) is 43.1 Å². The molecule has 0 aromatic heterocycles. The minimum atomic E-state index is -4.20. The maximum absolute atomic E-state index is 12.9. The van der Waals surface area contributed by atoms with Gasteiger partial charge in [0.05, 0.1) is 19.1 Å². The number of hydrogen-bond donors (Lipinski definition) is 1. The summed E-state index contributed by atoms with van der Waals surface area (Å²) >= 11 is 0. The summed E-state index contributed by atoms with van der Waals surface area (Å²) in [5.41, 5.74) is 0.369. The number of alkyl halides is 3. The molecule has 2 atom stereocenters. The van der Waals surface area contributed by atoms with Crippen LogP contribution in [0.5, 0.6) is 11.5 Å². The number of rotatable bonds is 2. The average Bonchev–Trinajstić information content (AvgIpc) is 2.78. The van der Waals surface area contributed by atoms with Crippen LogP contribution in [0.3, 0.4) is 0 Å². The molecule has 1 aromatic rings. The number of ether oxygens (including phenoxy) is 2. The van der Waals surface area contributed by atoms with Crippen molar-refractivity contribution in [2.45, 2.75) is 44.3 Å². The predicted octanol–water partition coefficient (Wildman–Crippen LogP) is 3.70. The van der Waals surface area contributed by atoms with E-state index in [1.54, 1.807) is 18.2 Å². The first-order valence-corrected chi connectivity index (χ1v) is 8.21. The quantitative estimate of drug-likeness (QED) is 0.891. The molecule has 2 aliphatic rings. The molecular formula is C17H20F3NO3. The van der Waals surface area contributed by atoms with Gasteiger partial charge >= 0.3 is 6.18 Å². The molecule has 1 N–H and O–H groups in total. The summed E-state index contributed by atoms with van der Waals surface area (Å²) in [4.78, 5) is 12.4. The van der Waals surface area contributed by atoms with Gasteiger partial charge in [0.2, 0.25) is 0 Å². The summed E-state index contributed by atoms with van der Waals surface area (Å²) in [6.07, 6.45) is -2.31. The third kappa shape index (κ3) is 3.94. The van der Waals surface area contributed by atoms with Gasteiger partial charge in [-0.3, -0.25) is 4.79 Å². The van der Waals surface area contributed by atoms with Crippen LogP contribution in [0.4, 0.5) is 13.2 Å². The molecule has 1 saturated carbocycles. The van der Waals surface area contributed by atoms with Gasteiger partial charge in [0, 0.05) is 18.0 Å². The Kier molecular flexibility index (Phi) is 4.87. The number of halogens is 3. The fourth-order valence-electron chi connectivity index (χ4n) is 3.19. The van der Waals surface area contributed by atoms with E-state index >= 15 is 0 Å². The van der Waals surface area contributed by atoms with Crippen LogP contribution < -0.4 is 14.8 Å². The van der Waals surface area contributed by atoms with Crippen LogP contribution in [0.2, 0.25) is 0 Å². The van der Waals surface area contributed by atoms with Crippen LogP contribution in [-0.4, -0.2) is 31.3 Å². The third-order valence-corrected chi connectivity index (χ3v) is 4.48. The lowest BCUT2D eigenvalue weighted by atomic mass is 9.85. The predicted molar refractivity (Wildman–Crippen MR) is 81.3 cm³/mol. The molecule has 1 aliphatic carbocycles. The van der Waals surface area contributed by atoms with E-state index in [1.807, 2.05) is 0 Å². The van der Waals surface area contributed by atoms with Crippen LogP contribution in [0, 0.1) is 5.92 Å². The van der Waals surface area contributed by atoms with Crippen molar-refractivity contribution in [3.63, 3.8) is 0 Å². The second-order valence-corrected chi connectivity index (χ2v) is 6.29. The first kappa shape index (κ1) is 16.9. The summed E-state index contributed by atoms with van der Waals surface area (Å²) < 4.78 is 49.6. The van der Waals surface area contributed by atoms with Crippen LogP contribution in [0.25, 0.3) is 0 Å². The molecule has 0 saturated heterocycles. The molecule has 4 nitrogen and oxygen atoms in total. The normalized spacial score (nSPS) is 24.1. The molecule has 0 spiro atoms.